The van der Waals surface area contributed by atoms with E-state index in [0.717, 1.165) is 58.9 Å². The lowest BCUT2D eigenvalue weighted by Crippen LogP contribution is -2.40. The maximum absolute atomic E-state index is 14.2. The molecule has 0 radical (unpaired) electrons. The van der Waals surface area contributed by atoms with Gasteiger partial charge in [0.25, 0.3) is 5.91 Å². The van der Waals surface area contributed by atoms with Gasteiger partial charge in [-0.1, -0.05) is 0 Å². The molecule has 1 saturated heterocycles. The average molecular weight is 516 g/mol. The second-order valence-electron chi connectivity index (χ2n) is 10.2. The van der Waals surface area contributed by atoms with E-state index in [-0.39, 0.29) is 23.9 Å². The second-order valence-corrected chi connectivity index (χ2v) is 10.2. The Morgan fingerprint density at radius 2 is 1.71 bits per heavy atom. The fourth-order valence-corrected chi connectivity index (χ4v) is 5.49. The number of methoxy groups -OCH3 is 1. The number of aromatic nitrogens is 2. The molecule has 38 heavy (non-hydrogen) atoms. The van der Waals surface area contributed by atoms with Crippen LogP contribution in [0.3, 0.4) is 0 Å². The van der Waals surface area contributed by atoms with Crippen LogP contribution < -0.4 is 9.47 Å². The molecule has 7 heteroatoms. The normalized spacial score (nSPS) is 15.8. The lowest BCUT2D eigenvalue weighted by atomic mass is 9.96. The van der Waals surface area contributed by atoms with Crippen molar-refractivity contribution in [2.24, 2.45) is 0 Å². The monoisotopic (exact) mass is 515 g/mol. The van der Waals surface area contributed by atoms with Gasteiger partial charge in [-0.15, -0.1) is 0 Å². The zero-order valence-corrected chi connectivity index (χ0v) is 22.6. The van der Waals surface area contributed by atoms with Gasteiger partial charge in [0.2, 0.25) is 0 Å². The summed E-state index contributed by atoms with van der Waals surface area (Å²) < 4.78 is 27.5. The Bertz CT molecular complexity index is 1450. The van der Waals surface area contributed by atoms with Crippen molar-refractivity contribution < 1.29 is 18.7 Å². The first-order chi connectivity index (χ1) is 18.3. The van der Waals surface area contributed by atoms with Gasteiger partial charge in [0.15, 0.2) is 0 Å². The lowest BCUT2D eigenvalue weighted by molar-refractivity contribution is 0.0597. The molecule has 1 amide bonds. The molecule has 0 saturated carbocycles. The van der Waals surface area contributed by atoms with Crippen LogP contribution in [0.5, 0.6) is 11.5 Å². The maximum Gasteiger partial charge on any atom is 0.255 e. The molecular formula is C31H34FN3O3. The molecule has 5 rings (SSSR count). The van der Waals surface area contributed by atoms with E-state index in [9.17, 15) is 9.18 Å². The molecule has 0 bridgehead atoms. The first-order valence-corrected chi connectivity index (χ1v) is 13.2. The molecule has 1 fully saturated rings. The zero-order valence-electron chi connectivity index (χ0n) is 22.6. The number of hydrogen-bond donors (Lipinski definition) is 0. The molecule has 0 spiro atoms. The van der Waals surface area contributed by atoms with Gasteiger partial charge < -0.3 is 14.4 Å². The van der Waals surface area contributed by atoms with Crippen molar-refractivity contribution in [3.05, 3.63) is 82.9 Å². The van der Waals surface area contributed by atoms with Crippen LogP contribution in [-0.2, 0) is 0 Å². The molecule has 1 unspecified atom stereocenters. The summed E-state index contributed by atoms with van der Waals surface area (Å²) in [5.41, 5.74) is 4.73. The average Bonchev–Trinajstić information content (AvgIpc) is 3.26. The fourth-order valence-electron chi connectivity index (χ4n) is 5.49. The Morgan fingerprint density at radius 3 is 2.37 bits per heavy atom. The molecule has 2 heterocycles. The summed E-state index contributed by atoms with van der Waals surface area (Å²) in [5, 5.41) is 0. The fraction of sp³-hybridized carbons (Fsp3) is 0.355. The molecule has 198 valence electrons. The SMILES string of the molecule is COc1ccc(-n2c(C3CCCCN3C(=O)c3c(C)cc(OC(C)C)cc3C)nc3cc(F)ccc32)cc1. The van der Waals surface area contributed by atoms with E-state index in [4.69, 9.17) is 14.5 Å². The molecule has 3 aromatic carbocycles. The highest BCUT2D eigenvalue weighted by molar-refractivity contribution is 5.97. The molecule has 1 aliphatic rings. The number of hydrogen-bond acceptors (Lipinski definition) is 4. The standard InChI is InChI=1S/C31H34FN3O3/c1-19(2)38-25-16-20(3)29(21(4)17-25)31(36)34-15-7-6-8-28(34)30-33-26-18-22(32)9-14-27(26)35(30)23-10-12-24(37-5)13-11-23/h9-14,16-19,28H,6-8,15H2,1-5H3. The van der Waals surface area contributed by atoms with Gasteiger partial charge in [-0.2, -0.15) is 0 Å². The molecule has 0 aliphatic carbocycles. The third-order valence-electron chi connectivity index (χ3n) is 7.13. The van der Waals surface area contributed by atoms with Crippen LogP contribution in [0.2, 0.25) is 0 Å². The van der Waals surface area contributed by atoms with Crippen LogP contribution in [0.1, 0.15) is 66.5 Å². The Morgan fingerprint density at radius 1 is 1.00 bits per heavy atom. The molecule has 1 aromatic heterocycles. The third-order valence-corrected chi connectivity index (χ3v) is 7.13. The number of nitrogens with zero attached hydrogens (tertiary/aromatic N) is 3. The maximum atomic E-state index is 14.2. The number of imidazole rings is 1. The van der Waals surface area contributed by atoms with Crippen LogP contribution in [0.25, 0.3) is 16.7 Å². The van der Waals surface area contributed by atoms with E-state index in [1.54, 1.807) is 13.2 Å². The summed E-state index contributed by atoms with van der Waals surface area (Å²) >= 11 is 0. The summed E-state index contributed by atoms with van der Waals surface area (Å²) in [6.07, 6.45) is 2.73. The Hall–Kier alpha value is -3.87. The number of halogens is 1. The summed E-state index contributed by atoms with van der Waals surface area (Å²) in [6.45, 7) is 8.53. The number of fused-ring (bicyclic) bond motifs is 1. The Balaban J connectivity index is 1.60. The van der Waals surface area contributed by atoms with Crippen LogP contribution in [0.4, 0.5) is 4.39 Å². The van der Waals surface area contributed by atoms with Crippen molar-refractivity contribution in [3.63, 3.8) is 0 Å². The van der Waals surface area contributed by atoms with Crippen LogP contribution in [-0.4, -0.2) is 40.1 Å². The summed E-state index contributed by atoms with van der Waals surface area (Å²) in [4.78, 5) is 21.0. The van der Waals surface area contributed by atoms with E-state index in [1.807, 2.05) is 73.6 Å². The number of amides is 1. The van der Waals surface area contributed by atoms with Crippen molar-refractivity contribution in [3.8, 4) is 17.2 Å². The van der Waals surface area contributed by atoms with E-state index >= 15 is 0 Å². The van der Waals surface area contributed by atoms with Crippen molar-refractivity contribution in [2.45, 2.75) is 59.1 Å². The topological polar surface area (TPSA) is 56.6 Å². The lowest BCUT2D eigenvalue weighted by Gasteiger charge is -2.36. The number of ether oxygens (including phenoxy) is 2. The number of piperidine rings is 1. The second kappa shape index (κ2) is 10.5. The van der Waals surface area contributed by atoms with E-state index in [1.165, 1.54) is 12.1 Å². The minimum absolute atomic E-state index is 0.0136. The van der Waals surface area contributed by atoms with Gasteiger partial charge >= 0.3 is 0 Å². The minimum atomic E-state index is -0.338. The van der Waals surface area contributed by atoms with Crippen LogP contribution in [0, 0.1) is 19.7 Å². The van der Waals surface area contributed by atoms with Gasteiger partial charge in [-0.05, 0) is 107 Å². The number of benzene rings is 3. The number of carbonyl (C=O) groups excluding carboxylic acids is 1. The number of carbonyl (C=O) groups is 1. The predicted octanol–water partition coefficient (Wildman–Crippen LogP) is 6.94. The molecule has 0 N–H and O–H groups in total. The van der Waals surface area contributed by atoms with Crippen molar-refractivity contribution in [2.75, 3.05) is 13.7 Å². The highest BCUT2D eigenvalue weighted by Crippen LogP contribution is 2.37. The smallest absolute Gasteiger partial charge is 0.255 e. The molecule has 4 aromatic rings. The van der Waals surface area contributed by atoms with Crippen molar-refractivity contribution in [1.29, 1.82) is 0 Å². The third kappa shape index (κ3) is 4.85. The minimum Gasteiger partial charge on any atom is -0.497 e. The number of likely N-dealkylation sites (tertiary alicyclic amines) is 1. The van der Waals surface area contributed by atoms with Gasteiger partial charge in [0.1, 0.15) is 23.1 Å². The summed E-state index contributed by atoms with van der Waals surface area (Å²) in [7, 11) is 1.63. The predicted molar refractivity (Wildman–Crippen MR) is 147 cm³/mol. The van der Waals surface area contributed by atoms with Crippen LogP contribution >= 0.6 is 0 Å². The summed E-state index contributed by atoms with van der Waals surface area (Å²) in [5.74, 6) is 1.90. The first-order valence-electron chi connectivity index (χ1n) is 13.2. The number of aryl methyl sites for hydroxylation is 2. The van der Waals surface area contributed by atoms with Crippen molar-refractivity contribution in [1.82, 2.24) is 14.5 Å². The van der Waals surface area contributed by atoms with Gasteiger partial charge in [0, 0.05) is 23.9 Å². The van der Waals surface area contributed by atoms with E-state index < -0.39 is 0 Å². The van der Waals surface area contributed by atoms with Gasteiger partial charge in [0.05, 0.1) is 30.3 Å². The number of rotatable bonds is 6. The van der Waals surface area contributed by atoms with Crippen LogP contribution in [0.15, 0.2) is 54.6 Å². The van der Waals surface area contributed by atoms with Gasteiger partial charge in [-0.3, -0.25) is 9.36 Å². The largest absolute Gasteiger partial charge is 0.497 e. The zero-order chi connectivity index (χ0) is 27.0. The summed E-state index contributed by atoms with van der Waals surface area (Å²) in [6, 6.07) is 16.0. The Labute approximate surface area is 223 Å². The quantitative estimate of drug-likeness (QED) is 0.279. The highest BCUT2D eigenvalue weighted by atomic mass is 19.1. The molecule has 1 aliphatic heterocycles. The molecular weight excluding hydrogens is 481 g/mol. The first kappa shape index (κ1) is 25.8. The van der Waals surface area contributed by atoms with Crippen molar-refractivity contribution >= 4 is 16.9 Å². The highest BCUT2D eigenvalue weighted by Gasteiger charge is 2.34. The van der Waals surface area contributed by atoms with E-state index in [0.29, 0.717) is 17.6 Å². The Kier molecular flexibility index (Phi) is 7.11. The molecule has 1 atom stereocenters. The molecule has 6 nitrogen and oxygen atoms in total. The van der Waals surface area contributed by atoms with Gasteiger partial charge in [-0.25, -0.2) is 9.37 Å². The van der Waals surface area contributed by atoms with E-state index in [2.05, 4.69) is 0 Å².